The Bertz CT molecular complexity index is 1600. The van der Waals surface area contributed by atoms with E-state index in [0.29, 0.717) is 24.8 Å². The van der Waals surface area contributed by atoms with Gasteiger partial charge in [0, 0.05) is 13.0 Å². The van der Waals surface area contributed by atoms with Crippen molar-refractivity contribution in [2.75, 3.05) is 20.3 Å². The van der Waals surface area contributed by atoms with Crippen LogP contribution in [0.2, 0.25) is 5.04 Å². The molecule has 1 aliphatic carbocycles. The van der Waals surface area contributed by atoms with Crippen LogP contribution in [0.15, 0.2) is 102 Å². The summed E-state index contributed by atoms with van der Waals surface area (Å²) in [6.45, 7) is 8.51. The Kier molecular flexibility index (Phi) is 10.9. The fourth-order valence-corrected chi connectivity index (χ4v) is 12.4. The number of aromatic hydroxyl groups is 1. The number of rotatable bonds is 12. The molecule has 3 N–H and O–H groups in total. The number of benzene rings is 3. The smallest absolute Gasteiger partial charge is 0.261 e. The number of allylic oxidation sites excluding steroid dienone is 1. The number of amides is 2. The Labute approximate surface area is 285 Å². The minimum absolute atomic E-state index is 0.175. The zero-order chi connectivity index (χ0) is 34.6. The molecule has 7 nitrogen and oxygen atoms in total. The summed E-state index contributed by atoms with van der Waals surface area (Å²) in [6.07, 6.45) is 3.20. The third-order valence-corrected chi connectivity index (χ3v) is 15.3. The number of hydrogen-bond acceptors (Lipinski definition) is 6. The number of carbonyl (C=O) groups is 2. The summed E-state index contributed by atoms with van der Waals surface area (Å²) < 4.78 is 7.30. The van der Waals surface area contributed by atoms with Gasteiger partial charge in [-0.25, -0.2) is 0 Å². The number of nitrogens with zero attached hydrogens (tertiary/aromatic N) is 1. The van der Waals surface area contributed by atoms with Gasteiger partial charge in [0.15, 0.2) is 0 Å². The molecule has 4 atom stereocenters. The quantitative estimate of drug-likeness (QED) is 0.135. The molecule has 0 bridgehead atoms. The first kappa shape index (κ1) is 35.5. The minimum atomic E-state index is -2.96. The number of phenolic OH excluding ortho intramolecular Hbond substituents is 1. The second-order valence-electron chi connectivity index (χ2n) is 14.2. The average Bonchev–Trinajstić information content (AvgIpc) is 3.30. The normalized spacial score (nSPS) is 21.1. The highest BCUT2D eigenvalue weighted by Crippen LogP contribution is 2.47. The Morgan fingerprint density at radius 3 is 2.06 bits per heavy atom. The molecule has 0 aromatic heterocycles. The lowest BCUT2D eigenvalue weighted by atomic mass is 9.68. The molecule has 2 aliphatic rings. The molecule has 8 heteroatoms. The van der Waals surface area contributed by atoms with Gasteiger partial charge in [0.25, 0.3) is 8.32 Å². The van der Waals surface area contributed by atoms with Crippen molar-refractivity contribution >= 4 is 36.6 Å². The van der Waals surface area contributed by atoms with Gasteiger partial charge in [0.2, 0.25) is 11.8 Å². The van der Waals surface area contributed by atoms with Gasteiger partial charge >= 0.3 is 0 Å². The summed E-state index contributed by atoms with van der Waals surface area (Å²) in [5.74, 6) is -2.35. The highest BCUT2D eigenvalue weighted by Gasteiger charge is 2.55. The Hall–Kier alpha value is -3.82. The summed E-state index contributed by atoms with van der Waals surface area (Å²) >= 11 is 0. The number of likely N-dealkylation sites (tertiary alicyclic amines) is 1. The van der Waals surface area contributed by atoms with Crippen LogP contribution in [0.3, 0.4) is 0 Å². The second-order valence-corrected chi connectivity index (χ2v) is 18.5. The minimum Gasteiger partial charge on any atom is -0.508 e. The van der Waals surface area contributed by atoms with Gasteiger partial charge in [0.05, 0.1) is 31.2 Å². The number of aliphatic hydroxyl groups excluding tert-OH is 2. The highest BCUT2D eigenvalue weighted by molar-refractivity contribution is 6.99. The van der Waals surface area contributed by atoms with E-state index in [1.807, 2.05) is 48.5 Å². The van der Waals surface area contributed by atoms with Crippen molar-refractivity contribution in [1.29, 1.82) is 0 Å². The van der Waals surface area contributed by atoms with Crippen molar-refractivity contribution in [3.63, 3.8) is 0 Å². The fraction of sp³-hybridized carbons (Fsp3) is 0.400. The molecular weight excluding hydrogens is 619 g/mol. The highest BCUT2D eigenvalue weighted by atomic mass is 28.4. The van der Waals surface area contributed by atoms with E-state index in [1.165, 1.54) is 11.9 Å². The molecule has 2 amide bonds. The van der Waals surface area contributed by atoms with Crippen molar-refractivity contribution in [2.45, 2.75) is 64.5 Å². The predicted octanol–water partition coefficient (Wildman–Crippen LogP) is 5.44. The third kappa shape index (κ3) is 6.85. The van der Waals surface area contributed by atoms with E-state index < -0.39 is 32.2 Å². The largest absolute Gasteiger partial charge is 0.508 e. The molecule has 1 heterocycles. The monoisotopic (exact) mass is 667 g/mol. The van der Waals surface area contributed by atoms with Crippen LogP contribution in [0.4, 0.5) is 0 Å². The van der Waals surface area contributed by atoms with Crippen LogP contribution in [0.25, 0.3) is 6.08 Å². The average molecular weight is 668 g/mol. The van der Waals surface area contributed by atoms with E-state index in [-0.39, 0.29) is 35.8 Å². The molecule has 0 radical (unpaired) electrons. The summed E-state index contributed by atoms with van der Waals surface area (Å²) in [7, 11) is -1.46. The van der Waals surface area contributed by atoms with Crippen molar-refractivity contribution < 1.29 is 29.3 Å². The Morgan fingerprint density at radius 2 is 1.54 bits per heavy atom. The molecule has 3 aromatic rings. The first-order valence-electron chi connectivity index (χ1n) is 17.0. The first-order chi connectivity index (χ1) is 22.9. The van der Waals surface area contributed by atoms with Gasteiger partial charge in [-0.15, -0.1) is 0 Å². The van der Waals surface area contributed by atoms with E-state index in [9.17, 15) is 24.9 Å². The van der Waals surface area contributed by atoms with Crippen LogP contribution in [0.1, 0.15) is 58.9 Å². The third-order valence-electron chi connectivity index (χ3n) is 10.3. The summed E-state index contributed by atoms with van der Waals surface area (Å²) in [6, 6.07) is 27.7. The lowest BCUT2D eigenvalue weighted by molar-refractivity contribution is -0.138. The standard InChI is InChI=1S/C40H49NO6Si/c1-6-27(23-28-17-20-30(43)21-18-28)19-22-35(44)36-29(24-33-37(34(36)25-42)39(46)41(5)38(33)45)26-47-48(40(2,3)4,31-13-9-7-10-14-31)32-15-11-8-12-16-32/h7-18,20-21,23,33-35,37,42-44H,6,19,22,24-26H2,1-5H3/b27-23+/t33-,34+,35-,37-/m1/s1. The van der Waals surface area contributed by atoms with Gasteiger partial charge in [-0.05, 0) is 69.9 Å². The van der Waals surface area contributed by atoms with Gasteiger partial charge in [-0.3, -0.25) is 14.5 Å². The summed E-state index contributed by atoms with van der Waals surface area (Å²) in [5.41, 5.74) is 3.53. The lowest BCUT2D eigenvalue weighted by Gasteiger charge is -2.44. The Morgan fingerprint density at radius 1 is 0.958 bits per heavy atom. The maximum Gasteiger partial charge on any atom is 0.261 e. The first-order valence-corrected chi connectivity index (χ1v) is 18.9. The molecule has 0 saturated carbocycles. The SMILES string of the molecule is CC/C(=C\c1ccc(O)cc1)CC[C@@H](O)C1=C(CO[Si](c2ccccc2)(c2ccccc2)C(C)(C)C)C[C@H]2C(=O)N(C)C(=O)[C@H]2[C@H]1CO. The molecule has 5 rings (SSSR count). The molecule has 1 fully saturated rings. The van der Waals surface area contributed by atoms with Gasteiger partial charge in [-0.2, -0.15) is 0 Å². The van der Waals surface area contributed by atoms with Crippen molar-refractivity contribution in [2.24, 2.45) is 17.8 Å². The maximum atomic E-state index is 13.4. The van der Waals surface area contributed by atoms with E-state index >= 15 is 0 Å². The van der Waals surface area contributed by atoms with Crippen LogP contribution in [0.5, 0.6) is 5.75 Å². The number of phenols is 1. The lowest BCUT2D eigenvalue weighted by Crippen LogP contribution is -2.66. The summed E-state index contributed by atoms with van der Waals surface area (Å²) in [4.78, 5) is 27.9. The predicted molar refractivity (Wildman–Crippen MR) is 192 cm³/mol. The zero-order valence-corrected chi connectivity index (χ0v) is 29.7. The number of imide groups is 1. The number of aliphatic hydroxyl groups is 2. The fourth-order valence-electron chi connectivity index (χ4n) is 7.84. The molecule has 3 aromatic carbocycles. The number of carbonyl (C=O) groups excluding carboxylic acids is 2. The van der Waals surface area contributed by atoms with E-state index in [1.54, 1.807) is 12.1 Å². The van der Waals surface area contributed by atoms with Crippen LogP contribution in [-0.2, 0) is 14.0 Å². The van der Waals surface area contributed by atoms with E-state index in [0.717, 1.165) is 33.5 Å². The molecule has 1 saturated heterocycles. The molecule has 0 spiro atoms. The molecule has 254 valence electrons. The molecule has 48 heavy (non-hydrogen) atoms. The second kappa shape index (κ2) is 14.7. The van der Waals surface area contributed by atoms with Crippen molar-refractivity contribution in [3.05, 3.63) is 107 Å². The topological polar surface area (TPSA) is 107 Å². The van der Waals surface area contributed by atoms with Crippen LogP contribution >= 0.6 is 0 Å². The van der Waals surface area contributed by atoms with E-state index in [2.05, 4.69) is 58.0 Å². The molecule has 1 aliphatic heterocycles. The van der Waals surface area contributed by atoms with Crippen molar-refractivity contribution in [1.82, 2.24) is 4.90 Å². The Balaban J connectivity index is 1.56. The van der Waals surface area contributed by atoms with Crippen LogP contribution in [-0.4, -0.2) is 66.7 Å². The van der Waals surface area contributed by atoms with Crippen molar-refractivity contribution in [3.8, 4) is 5.75 Å². The molecular formula is C40H49NO6Si. The maximum absolute atomic E-state index is 13.4. The molecule has 0 unspecified atom stereocenters. The van der Waals surface area contributed by atoms with Gasteiger partial charge in [-0.1, -0.05) is 112 Å². The van der Waals surface area contributed by atoms with Crippen LogP contribution < -0.4 is 10.4 Å². The number of fused-ring (bicyclic) bond motifs is 1. The zero-order valence-electron chi connectivity index (χ0n) is 28.7. The van der Waals surface area contributed by atoms with Gasteiger partial charge in [0.1, 0.15) is 5.75 Å². The van der Waals surface area contributed by atoms with E-state index in [4.69, 9.17) is 4.43 Å². The van der Waals surface area contributed by atoms with Crippen LogP contribution in [0, 0.1) is 17.8 Å². The summed E-state index contributed by atoms with van der Waals surface area (Å²) in [5, 5.41) is 34.5. The number of hydrogen-bond donors (Lipinski definition) is 3. The van der Waals surface area contributed by atoms with Gasteiger partial charge < -0.3 is 19.7 Å².